The van der Waals surface area contributed by atoms with Gasteiger partial charge < -0.3 is 15.2 Å². The number of rotatable bonds is 4. The number of aromatic hydroxyl groups is 1. The van der Waals surface area contributed by atoms with Crippen LogP contribution in [0.25, 0.3) is 0 Å². The fourth-order valence-corrected chi connectivity index (χ4v) is 1.18. The number of benzene rings is 1. The SMILES string of the molecule is COc1ccc(C(=O)NCCCl)c(O)c1. The molecule has 15 heavy (non-hydrogen) atoms. The molecule has 0 aromatic heterocycles. The molecule has 0 aliphatic carbocycles. The second-order valence-corrected chi connectivity index (χ2v) is 3.21. The van der Waals surface area contributed by atoms with Gasteiger partial charge in [-0.3, -0.25) is 4.79 Å². The Morgan fingerprint density at radius 2 is 2.33 bits per heavy atom. The van der Waals surface area contributed by atoms with Gasteiger partial charge in [-0.1, -0.05) is 0 Å². The largest absolute Gasteiger partial charge is 0.507 e. The molecule has 4 nitrogen and oxygen atoms in total. The number of ether oxygens (including phenoxy) is 1. The summed E-state index contributed by atoms with van der Waals surface area (Å²) in [7, 11) is 1.49. The van der Waals surface area contributed by atoms with Crippen LogP contribution in [0.4, 0.5) is 0 Å². The fourth-order valence-electron chi connectivity index (χ4n) is 1.09. The van der Waals surface area contributed by atoms with Gasteiger partial charge in [0.15, 0.2) is 0 Å². The third kappa shape index (κ3) is 3.02. The number of alkyl halides is 1. The zero-order chi connectivity index (χ0) is 11.3. The minimum atomic E-state index is -0.351. The van der Waals surface area contributed by atoms with E-state index in [4.69, 9.17) is 16.3 Å². The number of carbonyl (C=O) groups excluding carboxylic acids is 1. The first-order valence-corrected chi connectivity index (χ1v) is 4.93. The number of amides is 1. The minimum absolute atomic E-state index is 0.110. The second kappa shape index (κ2) is 5.46. The minimum Gasteiger partial charge on any atom is -0.507 e. The summed E-state index contributed by atoms with van der Waals surface area (Å²) in [6.07, 6.45) is 0. The van der Waals surface area contributed by atoms with Crippen molar-refractivity contribution in [3.63, 3.8) is 0 Å². The molecule has 0 aliphatic heterocycles. The van der Waals surface area contributed by atoms with Crippen LogP contribution in [0, 0.1) is 0 Å². The van der Waals surface area contributed by atoms with Gasteiger partial charge in [0.25, 0.3) is 5.91 Å². The third-order valence-electron chi connectivity index (χ3n) is 1.83. The predicted molar refractivity (Wildman–Crippen MR) is 57.7 cm³/mol. The summed E-state index contributed by atoms with van der Waals surface area (Å²) >= 11 is 5.42. The van der Waals surface area contributed by atoms with Gasteiger partial charge in [0.05, 0.1) is 12.7 Å². The molecule has 0 atom stereocenters. The molecule has 1 rings (SSSR count). The van der Waals surface area contributed by atoms with E-state index in [1.165, 1.54) is 19.2 Å². The molecule has 0 saturated heterocycles. The molecule has 0 fully saturated rings. The molecule has 2 N–H and O–H groups in total. The van der Waals surface area contributed by atoms with Gasteiger partial charge >= 0.3 is 0 Å². The number of halogens is 1. The van der Waals surface area contributed by atoms with Crippen LogP contribution < -0.4 is 10.1 Å². The van der Waals surface area contributed by atoms with E-state index in [2.05, 4.69) is 5.32 Å². The van der Waals surface area contributed by atoms with E-state index in [1.807, 2.05) is 0 Å². The number of hydrogen-bond acceptors (Lipinski definition) is 3. The molecule has 5 heteroatoms. The number of nitrogens with one attached hydrogen (secondary N) is 1. The predicted octanol–water partition coefficient (Wildman–Crippen LogP) is 1.37. The van der Waals surface area contributed by atoms with Crippen LogP contribution in [0.15, 0.2) is 18.2 Å². The highest BCUT2D eigenvalue weighted by Crippen LogP contribution is 2.22. The molecule has 82 valence electrons. The molecule has 0 bridgehead atoms. The smallest absolute Gasteiger partial charge is 0.255 e. The maximum atomic E-state index is 11.5. The first kappa shape index (κ1) is 11.7. The van der Waals surface area contributed by atoms with Gasteiger partial charge in [-0.2, -0.15) is 0 Å². The molecular weight excluding hydrogens is 218 g/mol. The molecule has 1 amide bonds. The normalized spacial score (nSPS) is 9.73. The highest BCUT2D eigenvalue weighted by atomic mass is 35.5. The number of carbonyl (C=O) groups is 1. The number of phenolic OH excluding ortho intramolecular Hbond substituents is 1. The van der Waals surface area contributed by atoms with Crippen LogP contribution in [0.1, 0.15) is 10.4 Å². The summed E-state index contributed by atoms with van der Waals surface area (Å²) in [6, 6.07) is 4.49. The highest BCUT2D eigenvalue weighted by Gasteiger charge is 2.10. The lowest BCUT2D eigenvalue weighted by molar-refractivity contribution is 0.0953. The number of phenols is 1. The van der Waals surface area contributed by atoms with Crippen molar-refractivity contribution in [1.29, 1.82) is 0 Å². The van der Waals surface area contributed by atoms with Crippen molar-refractivity contribution in [2.24, 2.45) is 0 Å². The van der Waals surface area contributed by atoms with E-state index in [1.54, 1.807) is 6.07 Å². The van der Waals surface area contributed by atoms with Gasteiger partial charge in [0.2, 0.25) is 0 Å². The lowest BCUT2D eigenvalue weighted by Gasteiger charge is -2.06. The lowest BCUT2D eigenvalue weighted by atomic mass is 10.2. The first-order chi connectivity index (χ1) is 7.19. The van der Waals surface area contributed by atoms with E-state index in [9.17, 15) is 9.90 Å². The Balaban J connectivity index is 2.81. The zero-order valence-corrected chi connectivity index (χ0v) is 9.04. The van der Waals surface area contributed by atoms with Crippen molar-refractivity contribution in [3.05, 3.63) is 23.8 Å². The average molecular weight is 230 g/mol. The summed E-state index contributed by atoms with van der Waals surface area (Å²) in [5.41, 5.74) is 0.209. The van der Waals surface area contributed by atoms with E-state index < -0.39 is 0 Å². The van der Waals surface area contributed by atoms with Gasteiger partial charge in [-0.05, 0) is 12.1 Å². The second-order valence-electron chi connectivity index (χ2n) is 2.83. The van der Waals surface area contributed by atoms with Crippen molar-refractivity contribution in [3.8, 4) is 11.5 Å². The Kier molecular flexibility index (Phi) is 4.24. The standard InChI is InChI=1S/C10H12ClNO3/c1-15-7-2-3-8(9(13)6-7)10(14)12-5-4-11/h2-3,6,13H,4-5H2,1H3,(H,12,14). The van der Waals surface area contributed by atoms with E-state index in [-0.39, 0.29) is 17.2 Å². The van der Waals surface area contributed by atoms with Crippen LogP contribution >= 0.6 is 11.6 Å². The zero-order valence-electron chi connectivity index (χ0n) is 8.29. The van der Waals surface area contributed by atoms with Crippen LogP contribution in [0.5, 0.6) is 11.5 Å². The number of methoxy groups -OCH3 is 1. The molecule has 0 aliphatic rings. The van der Waals surface area contributed by atoms with E-state index >= 15 is 0 Å². The Morgan fingerprint density at radius 1 is 1.60 bits per heavy atom. The van der Waals surface area contributed by atoms with Crippen molar-refractivity contribution in [2.45, 2.75) is 0 Å². The van der Waals surface area contributed by atoms with Crippen LogP contribution in [0.2, 0.25) is 0 Å². The summed E-state index contributed by atoms with van der Waals surface area (Å²) in [6.45, 7) is 0.367. The van der Waals surface area contributed by atoms with Crippen LogP contribution in [0.3, 0.4) is 0 Å². The molecule has 1 aromatic carbocycles. The van der Waals surface area contributed by atoms with Crippen molar-refractivity contribution >= 4 is 17.5 Å². The van der Waals surface area contributed by atoms with Crippen molar-refractivity contribution < 1.29 is 14.6 Å². The van der Waals surface area contributed by atoms with Crippen LogP contribution in [-0.2, 0) is 0 Å². The van der Waals surface area contributed by atoms with E-state index in [0.29, 0.717) is 18.2 Å². The Morgan fingerprint density at radius 3 is 2.87 bits per heavy atom. The topological polar surface area (TPSA) is 58.6 Å². The molecule has 0 radical (unpaired) electrons. The molecule has 0 heterocycles. The molecular formula is C10H12ClNO3. The summed E-state index contributed by atoms with van der Waals surface area (Å²) in [5.74, 6) is 0.376. The average Bonchev–Trinajstić information content (AvgIpc) is 2.25. The quantitative estimate of drug-likeness (QED) is 0.767. The number of hydrogen-bond donors (Lipinski definition) is 2. The lowest BCUT2D eigenvalue weighted by Crippen LogP contribution is -2.25. The maximum Gasteiger partial charge on any atom is 0.255 e. The van der Waals surface area contributed by atoms with Gasteiger partial charge in [-0.15, -0.1) is 11.6 Å². The molecule has 0 unspecified atom stereocenters. The van der Waals surface area contributed by atoms with Gasteiger partial charge in [-0.25, -0.2) is 0 Å². The summed E-state index contributed by atoms with van der Waals surface area (Å²) in [4.78, 5) is 11.5. The monoisotopic (exact) mass is 229 g/mol. The summed E-state index contributed by atoms with van der Waals surface area (Å²) in [5, 5.41) is 12.1. The first-order valence-electron chi connectivity index (χ1n) is 4.40. The third-order valence-corrected chi connectivity index (χ3v) is 2.02. The summed E-state index contributed by atoms with van der Waals surface area (Å²) < 4.78 is 4.90. The Bertz CT molecular complexity index is 355. The fraction of sp³-hybridized carbons (Fsp3) is 0.300. The van der Waals surface area contributed by atoms with E-state index in [0.717, 1.165) is 0 Å². The molecule has 0 spiro atoms. The maximum absolute atomic E-state index is 11.5. The van der Waals surface area contributed by atoms with Crippen LogP contribution in [-0.4, -0.2) is 30.5 Å². The molecule has 0 saturated carbocycles. The Hall–Kier alpha value is -1.42. The van der Waals surface area contributed by atoms with Gasteiger partial charge in [0, 0.05) is 18.5 Å². The highest BCUT2D eigenvalue weighted by molar-refractivity contribution is 6.18. The Labute approximate surface area is 92.8 Å². The van der Waals surface area contributed by atoms with Crippen molar-refractivity contribution in [2.75, 3.05) is 19.5 Å². The van der Waals surface area contributed by atoms with Crippen molar-refractivity contribution in [1.82, 2.24) is 5.32 Å². The van der Waals surface area contributed by atoms with Gasteiger partial charge in [0.1, 0.15) is 11.5 Å². The molecule has 1 aromatic rings.